The molecule has 30 heavy (non-hydrogen) atoms. The quantitative estimate of drug-likeness (QED) is 0.685. The van der Waals surface area contributed by atoms with E-state index in [4.69, 9.17) is 9.98 Å². The second-order valence-corrected chi connectivity index (χ2v) is 8.17. The molecule has 4 heterocycles. The van der Waals surface area contributed by atoms with E-state index < -0.39 is 0 Å². The largest absolute Gasteiger partial charge is 0.342 e. The molecule has 1 N–H and O–H groups in total. The third kappa shape index (κ3) is 3.89. The SMILES string of the molecule is CCCN1C=c2[nH]c(-c3cnn(Cc4ccccc4)c3)nc2=NC1N1CCCCC1. The van der Waals surface area contributed by atoms with Crippen LogP contribution in [-0.4, -0.2) is 55.5 Å². The highest BCUT2D eigenvalue weighted by molar-refractivity contribution is 5.52. The van der Waals surface area contributed by atoms with Crippen molar-refractivity contribution in [1.82, 2.24) is 29.5 Å². The number of hydrogen-bond donors (Lipinski definition) is 1. The number of nitrogens with one attached hydrogen (secondary N) is 1. The van der Waals surface area contributed by atoms with Gasteiger partial charge < -0.3 is 9.88 Å². The van der Waals surface area contributed by atoms with Crippen LogP contribution in [0, 0.1) is 0 Å². The minimum absolute atomic E-state index is 0.0645. The van der Waals surface area contributed by atoms with Crippen molar-refractivity contribution in [3.05, 3.63) is 59.1 Å². The number of aromatic nitrogens is 4. The predicted octanol–water partition coefficient (Wildman–Crippen LogP) is 2.17. The van der Waals surface area contributed by atoms with Crippen LogP contribution >= 0.6 is 0 Å². The number of imidazole rings is 1. The molecule has 0 bridgehead atoms. The fraction of sp³-hybridized carbons (Fsp3) is 0.435. The standard InChI is InChI=1S/C23H29N7/c1-2-11-29-17-20-22(27-23(29)28-12-7-4-8-13-28)26-21(25-20)19-14-24-30(16-19)15-18-9-5-3-6-10-18/h3,5-6,9-10,14,16-17,23H,2,4,7-8,11-13,15H2,1H3,(H,25,26,27). The first-order valence-corrected chi connectivity index (χ1v) is 11.0. The van der Waals surface area contributed by atoms with Crippen molar-refractivity contribution in [3.63, 3.8) is 0 Å². The van der Waals surface area contributed by atoms with Crippen LogP contribution in [0.4, 0.5) is 0 Å². The Hall–Kier alpha value is -2.93. The molecule has 2 aliphatic rings. The maximum Gasteiger partial charge on any atom is 0.180 e. The van der Waals surface area contributed by atoms with Crippen LogP contribution in [0.2, 0.25) is 0 Å². The average molecular weight is 404 g/mol. The van der Waals surface area contributed by atoms with Crippen LogP contribution in [0.15, 0.2) is 47.7 Å². The van der Waals surface area contributed by atoms with Crippen LogP contribution in [0.5, 0.6) is 0 Å². The predicted molar refractivity (Wildman–Crippen MR) is 117 cm³/mol. The molecule has 2 aromatic heterocycles. The normalized spacial score (nSPS) is 19.2. The van der Waals surface area contributed by atoms with Crippen molar-refractivity contribution in [3.8, 4) is 11.4 Å². The molecule has 1 unspecified atom stereocenters. The highest BCUT2D eigenvalue weighted by Crippen LogP contribution is 2.18. The van der Waals surface area contributed by atoms with Gasteiger partial charge in [-0.3, -0.25) is 9.58 Å². The molecule has 1 atom stereocenters. The Labute approximate surface area is 176 Å². The highest BCUT2D eigenvalue weighted by atomic mass is 15.4. The number of aromatic amines is 1. The Morgan fingerprint density at radius 2 is 1.93 bits per heavy atom. The molecule has 1 saturated heterocycles. The van der Waals surface area contributed by atoms with Gasteiger partial charge in [0.05, 0.1) is 18.3 Å². The van der Waals surface area contributed by atoms with E-state index >= 15 is 0 Å². The number of piperidine rings is 1. The first-order valence-electron chi connectivity index (χ1n) is 11.0. The first-order chi connectivity index (χ1) is 14.8. The molecule has 0 radical (unpaired) electrons. The van der Waals surface area contributed by atoms with Gasteiger partial charge in [-0.25, -0.2) is 9.98 Å². The number of likely N-dealkylation sites (tertiary alicyclic amines) is 1. The molecule has 2 aliphatic heterocycles. The van der Waals surface area contributed by atoms with Crippen molar-refractivity contribution < 1.29 is 0 Å². The van der Waals surface area contributed by atoms with Gasteiger partial charge in [-0.05, 0) is 24.8 Å². The zero-order valence-electron chi connectivity index (χ0n) is 17.5. The number of benzene rings is 1. The summed E-state index contributed by atoms with van der Waals surface area (Å²) in [7, 11) is 0. The van der Waals surface area contributed by atoms with Crippen molar-refractivity contribution in [2.24, 2.45) is 4.99 Å². The molecule has 1 aromatic carbocycles. The minimum Gasteiger partial charge on any atom is -0.342 e. The van der Waals surface area contributed by atoms with Gasteiger partial charge >= 0.3 is 0 Å². The van der Waals surface area contributed by atoms with E-state index in [0.29, 0.717) is 0 Å². The Kier molecular flexibility index (Phi) is 5.36. The number of hydrogen-bond acceptors (Lipinski definition) is 5. The van der Waals surface area contributed by atoms with Crippen LogP contribution < -0.4 is 10.8 Å². The number of nitrogens with zero attached hydrogens (tertiary/aromatic N) is 6. The van der Waals surface area contributed by atoms with Crippen molar-refractivity contribution in [1.29, 1.82) is 0 Å². The van der Waals surface area contributed by atoms with E-state index in [0.717, 1.165) is 54.8 Å². The molecule has 0 amide bonds. The van der Waals surface area contributed by atoms with Gasteiger partial charge in [-0.2, -0.15) is 5.10 Å². The molecule has 7 heteroatoms. The maximum absolute atomic E-state index is 5.04. The fourth-order valence-electron chi connectivity index (χ4n) is 4.34. The van der Waals surface area contributed by atoms with Crippen LogP contribution in [0.1, 0.15) is 38.2 Å². The Balaban J connectivity index is 1.43. The van der Waals surface area contributed by atoms with E-state index in [1.807, 2.05) is 23.1 Å². The molecule has 1 fully saturated rings. The zero-order chi connectivity index (χ0) is 20.3. The summed E-state index contributed by atoms with van der Waals surface area (Å²) in [6.07, 6.45) is 11.1. The van der Waals surface area contributed by atoms with Crippen molar-refractivity contribution in [2.45, 2.75) is 45.4 Å². The maximum atomic E-state index is 5.04. The summed E-state index contributed by atoms with van der Waals surface area (Å²) in [5, 5.41) is 5.51. The molecule has 0 saturated carbocycles. The lowest BCUT2D eigenvalue weighted by atomic mass is 10.1. The fourth-order valence-corrected chi connectivity index (χ4v) is 4.34. The lowest BCUT2D eigenvalue weighted by Gasteiger charge is -2.39. The second-order valence-electron chi connectivity index (χ2n) is 8.17. The lowest BCUT2D eigenvalue weighted by molar-refractivity contribution is 0.0700. The van der Waals surface area contributed by atoms with E-state index in [1.165, 1.54) is 24.8 Å². The summed E-state index contributed by atoms with van der Waals surface area (Å²) >= 11 is 0. The van der Waals surface area contributed by atoms with Crippen LogP contribution in [0.25, 0.3) is 17.6 Å². The topological polar surface area (TPSA) is 65.3 Å². The third-order valence-corrected chi connectivity index (χ3v) is 5.83. The number of H-pyrrole nitrogens is 1. The number of fused-ring (bicyclic) bond motifs is 1. The molecule has 156 valence electrons. The smallest absolute Gasteiger partial charge is 0.180 e. The average Bonchev–Trinajstić information content (AvgIpc) is 3.41. The Morgan fingerprint density at radius 3 is 2.73 bits per heavy atom. The van der Waals surface area contributed by atoms with E-state index in [-0.39, 0.29) is 6.29 Å². The van der Waals surface area contributed by atoms with E-state index in [9.17, 15) is 0 Å². The highest BCUT2D eigenvalue weighted by Gasteiger charge is 2.26. The van der Waals surface area contributed by atoms with E-state index in [1.54, 1.807) is 0 Å². The van der Waals surface area contributed by atoms with Gasteiger partial charge in [0.25, 0.3) is 0 Å². The molecular formula is C23H29N7. The van der Waals surface area contributed by atoms with Gasteiger partial charge in [0.2, 0.25) is 0 Å². The van der Waals surface area contributed by atoms with Gasteiger partial charge in [0, 0.05) is 32.0 Å². The second kappa shape index (κ2) is 8.44. The lowest BCUT2D eigenvalue weighted by Crippen LogP contribution is -2.52. The minimum atomic E-state index is 0.0645. The summed E-state index contributed by atoms with van der Waals surface area (Å²) < 4.78 is 1.95. The summed E-state index contributed by atoms with van der Waals surface area (Å²) in [5.74, 6) is 0.829. The molecule has 0 spiro atoms. The summed E-state index contributed by atoms with van der Waals surface area (Å²) in [5.41, 5.74) is 3.03. The molecule has 0 aliphatic carbocycles. The molecule has 7 nitrogen and oxygen atoms in total. The van der Waals surface area contributed by atoms with Crippen molar-refractivity contribution in [2.75, 3.05) is 19.6 Å². The molecule has 3 aromatic rings. The Bertz CT molecular complexity index is 1090. The first kappa shape index (κ1) is 19.1. The van der Waals surface area contributed by atoms with Crippen LogP contribution in [-0.2, 0) is 6.54 Å². The summed E-state index contributed by atoms with van der Waals surface area (Å²) in [6.45, 7) is 6.19. The monoisotopic (exact) mass is 403 g/mol. The summed E-state index contributed by atoms with van der Waals surface area (Å²) in [4.78, 5) is 18.2. The zero-order valence-corrected chi connectivity index (χ0v) is 17.5. The van der Waals surface area contributed by atoms with Gasteiger partial charge in [-0.1, -0.05) is 43.7 Å². The van der Waals surface area contributed by atoms with Gasteiger partial charge in [0.1, 0.15) is 11.2 Å². The van der Waals surface area contributed by atoms with Gasteiger partial charge in [0.15, 0.2) is 11.8 Å². The van der Waals surface area contributed by atoms with Crippen LogP contribution in [0.3, 0.4) is 0 Å². The summed E-state index contributed by atoms with van der Waals surface area (Å²) in [6, 6.07) is 10.4. The van der Waals surface area contributed by atoms with E-state index in [2.05, 4.69) is 57.3 Å². The third-order valence-electron chi connectivity index (χ3n) is 5.83. The number of rotatable bonds is 6. The molecular weight excluding hydrogens is 374 g/mol. The van der Waals surface area contributed by atoms with Gasteiger partial charge in [-0.15, -0.1) is 0 Å². The molecule has 5 rings (SSSR count). The van der Waals surface area contributed by atoms with Crippen molar-refractivity contribution >= 4 is 6.20 Å². The Morgan fingerprint density at radius 1 is 1.10 bits per heavy atom.